The summed E-state index contributed by atoms with van der Waals surface area (Å²) in [5, 5.41) is 14.7. The third kappa shape index (κ3) is 3.45. The minimum Gasteiger partial charge on any atom is -0.493 e. The molecule has 0 heterocycles. The Bertz CT molecular complexity index is 714. The van der Waals surface area contributed by atoms with E-state index in [1.54, 1.807) is 25.3 Å². The highest BCUT2D eigenvalue weighted by Gasteiger charge is 2.33. The number of ether oxygens (including phenoxy) is 2. The first-order chi connectivity index (χ1) is 11.0. The van der Waals surface area contributed by atoms with Crippen LogP contribution in [-0.2, 0) is 4.94 Å². The second kappa shape index (κ2) is 7.42. The Hall–Kier alpha value is -2.14. The van der Waals surface area contributed by atoms with Crippen LogP contribution in [0.15, 0.2) is 41.2 Å². The Kier molecular flexibility index (Phi) is 5.55. The average molecular weight is 431 g/mol. The van der Waals surface area contributed by atoms with Gasteiger partial charge in [0.2, 0.25) is 0 Å². The summed E-state index contributed by atoms with van der Waals surface area (Å²) < 4.78 is 10.1. The van der Waals surface area contributed by atoms with Crippen LogP contribution in [-0.4, -0.2) is 28.8 Å². The number of hydrogen-bond acceptors (Lipinski definition) is 7. The lowest BCUT2D eigenvalue weighted by Crippen LogP contribution is -2.26. The van der Waals surface area contributed by atoms with E-state index >= 15 is 0 Å². The fourth-order valence-electron chi connectivity index (χ4n) is 2.18. The predicted molar refractivity (Wildman–Crippen MR) is 93.1 cm³/mol. The summed E-state index contributed by atoms with van der Waals surface area (Å²) in [6, 6.07) is 5.40. The lowest BCUT2D eigenvalue weighted by molar-refractivity contribution is -0.415. The van der Waals surface area contributed by atoms with Gasteiger partial charge in [-0.3, -0.25) is 10.1 Å². The largest absolute Gasteiger partial charge is 0.493 e. The third-order valence-electron chi connectivity index (χ3n) is 3.26. The van der Waals surface area contributed by atoms with Gasteiger partial charge in [-0.05, 0) is 23.3 Å². The minimum absolute atomic E-state index is 0.144. The molecule has 1 unspecified atom stereocenters. The van der Waals surface area contributed by atoms with Crippen LogP contribution in [0.3, 0.4) is 0 Å². The molecule has 0 fully saturated rings. The Morgan fingerprint density at radius 1 is 1.26 bits per heavy atom. The molecule has 1 aliphatic rings. The van der Waals surface area contributed by atoms with Gasteiger partial charge >= 0.3 is 0 Å². The maximum absolute atomic E-state index is 11.1. The van der Waals surface area contributed by atoms with E-state index in [4.69, 9.17) is 15.4 Å². The third-order valence-corrected chi connectivity index (χ3v) is 4.52. The van der Waals surface area contributed by atoms with Crippen LogP contribution in [0.5, 0.6) is 11.5 Å². The summed E-state index contributed by atoms with van der Waals surface area (Å²) >= 11 is 2.05. The number of nitrogens with two attached hydrogens (primary N) is 1. The minimum atomic E-state index is -0.522. The monoisotopic (exact) mass is 431 g/mol. The van der Waals surface area contributed by atoms with Crippen molar-refractivity contribution in [3.05, 3.63) is 51.7 Å². The molecule has 0 amide bonds. The zero-order valence-electron chi connectivity index (χ0n) is 12.4. The lowest BCUT2D eigenvalue weighted by atomic mass is 9.94. The molecule has 0 aliphatic heterocycles. The fourth-order valence-corrected chi connectivity index (χ4v) is 3.18. The molecule has 0 saturated carbocycles. The molecule has 23 heavy (non-hydrogen) atoms. The van der Waals surface area contributed by atoms with E-state index in [2.05, 4.69) is 10.1 Å². The molecule has 122 valence electrons. The number of halogens is 1. The Balaban J connectivity index is 2.51. The molecule has 0 saturated heterocycles. The molecule has 0 bridgehead atoms. The molecule has 0 radical (unpaired) electrons. The van der Waals surface area contributed by atoms with Crippen molar-refractivity contribution in [2.24, 2.45) is 11.1 Å². The second-order valence-electron chi connectivity index (χ2n) is 4.45. The van der Waals surface area contributed by atoms with Crippen molar-refractivity contribution in [1.29, 1.82) is 0 Å². The van der Waals surface area contributed by atoms with Gasteiger partial charge in [0, 0.05) is 6.08 Å². The van der Waals surface area contributed by atoms with E-state index in [0.29, 0.717) is 11.5 Å². The number of allylic oxidation sites excluding steroid dienone is 4. The van der Waals surface area contributed by atoms with Crippen molar-refractivity contribution in [2.45, 2.75) is 3.92 Å². The van der Waals surface area contributed by atoms with E-state index < -0.39 is 8.85 Å². The molecule has 1 aromatic carbocycles. The van der Waals surface area contributed by atoms with E-state index in [0.717, 1.165) is 11.1 Å². The lowest BCUT2D eigenvalue weighted by Gasteiger charge is -2.19. The van der Waals surface area contributed by atoms with Gasteiger partial charge in [0.05, 0.1) is 23.1 Å². The SMILES string of the molecule is COc1ccc(C2=CC=C([N+](=O)[O-])/C(=N/ON)C2I)cc1OC. The first-order valence-electron chi connectivity index (χ1n) is 6.40. The molecule has 0 aromatic heterocycles. The van der Waals surface area contributed by atoms with Gasteiger partial charge in [-0.2, -0.15) is 0 Å². The molecule has 2 N–H and O–H groups in total. The van der Waals surface area contributed by atoms with Gasteiger partial charge < -0.3 is 14.4 Å². The summed E-state index contributed by atoms with van der Waals surface area (Å²) in [4.78, 5) is 14.8. The van der Waals surface area contributed by atoms with Crippen molar-refractivity contribution in [2.75, 3.05) is 14.2 Å². The fraction of sp³-hybridized carbons (Fsp3) is 0.214. The second-order valence-corrected chi connectivity index (χ2v) is 5.69. The summed E-state index contributed by atoms with van der Waals surface area (Å²) in [5.74, 6) is 6.11. The summed E-state index contributed by atoms with van der Waals surface area (Å²) in [5.41, 5.74) is 1.63. The number of methoxy groups -OCH3 is 2. The maximum atomic E-state index is 11.1. The quantitative estimate of drug-likeness (QED) is 0.332. The normalized spacial score (nSPS) is 19.0. The van der Waals surface area contributed by atoms with Gasteiger partial charge in [0.1, 0.15) is 0 Å². The summed E-state index contributed by atoms with van der Waals surface area (Å²) in [6.45, 7) is 0. The van der Waals surface area contributed by atoms with E-state index in [1.807, 2.05) is 28.7 Å². The molecule has 8 nitrogen and oxygen atoms in total. The van der Waals surface area contributed by atoms with Crippen LogP contribution in [0.25, 0.3) is 5.57 Å². The van der Waals surface area contributed by atoms with Crippen molar-refractivity contribution in [3.63, 3.8) is 0 Å². The zero-order valence-corrected chi connectivity index (χ0v) is 14.5. The highest BCUT2D eigenvalue weighted by Crippen LogP contribution is 2.36. The smallest absolute Gasteiger partial charge is 0.295 e. The van der Waals surface area contributed by atoms with Crippen molar-refractivity contribution < 1.29 is 19.3 Å². The molecule has 0 spiro atoms. The van der Waals surface area contributed by atoms with Crippen LogP contribution in [0.4, 0.5) is 0 Å². The standard InChI is InChI=1S/C14H14IN3O5/c1-21-11-6-3-8(7-12(11)22-2)9-4-5-10(18(19)20)14(13(9)15)17-23-16/h3-7,13H,16H2,1-2H3/b17-14-. The van der Waals surface area contributed by atoms with Crippen LogP contribution in [0, 0.1) is 10.1 Å². The molecule has 1 aliphatic carbocycles. The Labute approximate surface area is 145 Å². The molecular weight excluding hydrogens is 417 g/mol. The van der Waals surface area contributed by atoms with Gasteiger partial charge in [0.15, 0.2) is 17.2 Å². The number of oxime groups is 1. The van der Waals surface area contributed by atoms with Crippen LogP contribution < -0.4 is 15.4 Å². The number of nitro groups is 1. The van der Waals surface area contributed by atoms with Gasteiger partial charge in [0.25, 0.3) is 5.70 Å². The van der Waals surface area contributed by atoms with E-state index in [9.17, 15) is 10.1 Å². The maximum Gasteiger partial charge on any atom is 0.295 e. The number of rotatable bonds is 5. The molecule has 1 atom stereocenters. The summed E-state index contributed by atoms with van der Waals surface area (Å²) in [6.07, 6.45) is 3.05. The average Bonchev–Trinajstić information content (AvgIpc) is 2.55. The van der Waals surface area contributed by atoms with Gasteiger partial charge in [-0.1, -0.05) is 39.9 Å². The highest BCUT2D eigenvalue weighted by molar-refractivity contribution is 14.1. The number of alkyl halides is 1. The van der Waals surface area contributed by atoms with E-state index in [-0.39, 0.29) is 11.4 Å². The first-order valence-corrected chi connectivity index (χ1v) is 7.65. The van der Waals surface area contributed by atoms with Crippen molar-refractivity contribution >= 4 is 33.9 Å². The Morgan fingerprint density at radius 2 is 1.96 bits per heavy atom. The molecular formula is C14H14IN3O5. The Morgan fingerprint density at radius 3 is 2.52 bits per heavy atom. The van der Waals surface area contributed by atoms with Gasteiger partial charge in [-0.15, -0.1) is 5.90 Å². The van der Waals surface area contributed by atoms with Crippen LogP contribution in [0.2, 0.25) is 0 Å². The molecule has 9 heteroatoms. The van der Waals surface area contributed by atoms with Gasteiger partial charge in [-0.25, -0.2) is 0 Å². The zero-order chi connectivity index (χ0) is 17.0. The molecule has 1 aromatic rings. The first kappa shape index (κ1) is 17.2. The number of hydrogen-bond donors (Lipinski definition) is 1. The number of benzene rings is 1. The van der Waals surface area contributed by atoms with Crippen molar-refractivity contribution in [1.82, 2.24) is 0 Å². The van der Waals surface area contributed by atoms with E-state index in [1.165, 1.54) is 13.2 Å². The molecule has 2 rings (SSSR count). The highest BCUT2D eigenvalue weighted by atomic mass is 127. The predicted octanol–water partition coefficient (Wildman–Crippen LogP) is 2.31. The van der Waals surface area contributed by atoms with Crippen LogP contribution in [0.1, 0.15) is 5.56 Å². The topological polar surface area (TPSA) is 109 Å². The number of nitrogens with zero attached hydrogens (tertiary/aromatic N) is 2. The van der Waals surface area contributed by atoms with Crippen molar-refractivity contribution in [3.8, 4) is 11.5 Å². The summed E-state index contributed by atoms with van der Waals surface area (Å²) in [7, 11) is 3.09. The van der Waals surface area contributed by atoms with Crippen LogP contribution >= 0.6 is 22.6 Å².